The fourth-order valence-corrected chi connectivity index (χ4v) is 3.29. The highest BCUT2D eigenvalue weighted by Crippen LogP contribution is 2.39. The van der Waals surface area contributed by atoms with E-state index in [1.165, 1.54) is 0 Å². The van der Waals surface area contributed by atoms with Gasteiger partial charge in [0.25, 0.3) is 0 Å². The molecule has 0 radical (unpaired) electrons. The number of hydrogen-bond acceptors (Lipinski definition) is 7. The third-order valence-corrected chi connectivity index (χ3v) is 4.52. The number of methoxy groups -OCH3 is 1. The molecule has 8 nitrogen and oxygen atoms in total. The number of benzene rings is 2. The number of fused-ring (bicyclic) bond motifs is 3. The maximum Gasteiger partial charge on any atom is 0.515 e. The van der Waals surface area contributed by atoms with E-state index in [1.807, 2.05) is 18.2 Å². The first-order valence-corrected chi connectivity index (χ1v) is 9.40. The van der Waals surface area contributed by atoms with Crippen LogP contribution in [0.15, 0.2) is 48.7 Å². The van der Waals surface area contributed by atoms with Gasteiger partial charge in [-0.3, -0.25) is 0 Å². The van der Waals surface area contributed by atoms with Gasteiger partial charge in [-0.15, -0.1) is 0 Å². The third kappa shape index (κ3) is 3.72. The van der Waals surface area contributed by atoms with Crippen LogP contribution in [0.3, 0.4) is 0 Å². The molecule has 4 aromatic rings. The zero-order chi connectivity index (χ0) is 21.1. The van der Waals surface area contributed by atoms with Gasteiger partial charge in [0.1, 0.15) is 11.5 Å². The molecule has 0 saturated heterocycles. The Morgan fingerprint density at radius 3 is 2.63 bits per heavy atom. The lowest BCUT2D eigenvalue weighted by Gasteiger charge is -2.11. The van der Waals surface area contributed by atoms with E-state index in [-0.39, 0.29) is 19.1 Å². The Bertz CT molecular complexity index is 1200. The number of hydrogen-bond donors (Lipinski definition) is 2. The number of ether oxygens (including phenoxy) is 4. The van der Waals surface area contributed by atoms with E-state index in [4.69, 9.17) is 24.7 Å². The van der Waals surface area contributed by atoms with Crippen LogP contribution in [0, 0.1) is 0 Å². The van der Waals surface area contributed by atoms with Gasteiger partial charge in [0.15, 0.2) is 0 Å². The fourth-order valence-electron chi connectivity index (χ4n) is 3.29. The molecule has 0 atom stereocenters. The summed E-state index contributed by atoms with van der Waals surface area (Å²) >= 11 is 0. The summed E-state index contributed by atoms with van der Waals surface area (Å²) in [6.45, 7) is 2.09. The average Bonchev–Trinajstić information content (AvgIpc) is 3.11. The second kappa shape index (κ2) is 8.30. The zero-order valence-electron chi connectivity index (χ0n) is 16.6. The predicted molar refractivity (Wildman–Crippen MR) is 113 cm³/mol. The summed E-state index contributed by atoms with van der Waals surface area (Å²) in [6.07, 6.45) is 0.788. The Balaban J connectivity index is 1.88. The van der Waals surface area contributed by atoms with E-state index >= 15 is 0 Å². The van der Waals surface area contributed by atoms with Crippen LogP contribution in [-0.4, -0.2) is 29.8 Å². The topological polar surface area (TPSA) is 109 Å². The number of nitrogen functional groups attached to an aromatic ring is 1. The molecule has 0 unspecified atom stereocenters. The number of pyridine rings is 1. The monoisotopic (exact) mass is 407 g/mol. The second-order valence-corrected chi connectivity index (χ2v) is 6.52. The molecule has 2 heterocycles. The van der Waals surface area contributed by atoms with Crippen molar-refractivity contribution in [2.45, 2.75) is 13.5 Å². The molecule has 0 bridgehead atoms. The average molecular weight is 407 g/mol. The van der Waals surface area contributed by atoms with Crippen LogP contribution in [-0.2, 0) is 16.1 Å². The Morgan fingerprint density at radius 1 is 1.10 bits per heavy atom. The SMILES string of the molecule is CCOC(=O)Oc1ncc2[nH]c3cccc(Oc4ccc(N)cc4)c3c2c1COC. The largest absolute Gasteiger partial charge is 0.515 e. The first kappa shape index (κ1) is 19.5. The number of nitrogens with zero attached hydrogens (tertiary/aromatic N) is 1. The van der Waals surface area contributed by atoms with Gasteiger partial charge in [-0.2, -0.15) is 0 Å². The van der Waals surface area contributed by atoms with Crippen molar-refractivity contribution in [3.63, 3.8) is 0 Å². The van der Waals surface area contributed by atoms with Crippen molar-refractivity contribution >= 4 is 33.6 Å². The number of aromatic nitrogens is 2. The highest BCUT2D eigenvalue weighted by Gasteiger charge is 2.20. The standard InChI is InChI=1S/C22H21N3O5/c1-3-28-22(26)30-21-15(12-27-2)19-17(11-24-21)25-16-5-4-6-18(20(16)19)29-14-9-7-13(23)8-10-14/h4-11,25H,3,12,23H2,1-2H3. The summed E-state index contributed by atoms with van der Waals surface area (Å²) in [7, 11) is 1.56. The molecule has 0 spiro atoms. The molecular formula is C22H21N3O5. The molecule has 0 aliphatic carbocycles. The molecule has 2 aromatic carbocycles. The normalized spacial score (nSPS) is 11.0. The van der Waals surface area contributed by atoms with Crippen LogP contribution in [0.1, 0.15) is 12.5 Å². The molecule has 2 aromatic heterocycles. The van der Waals surface area contributed by atoms with Crippen molar-refractivity contribution in [3.05, 3.63) is 54.2 Å². The zero-order valence-corrected chi connectivity index (χ0v) is 16.6. The molecule has 0 fully saturated rings. The number of carbonyl (C=O) groups is 1. The number of aromatic amines is 1. The minimum atomic E-state index is -0.820. The molecule has 0 saturated carbocycles. The van der Waals surface area contributed by atoms with Gasteiger partial charge in [0, 0.05) is 18.2 Å². The van der Waals surface area contributed by atoms with Crippen LogP contribution in [0.4, 0.5) is 10.5 Å². The summed E-state index contributed by atoms with van der Waals surface area (Å²) in [6, 6.07) is 12.9. The smallest absolute Gasteiger partial charge is 0.457 e. The van der Waals surface area contributed by atoms with E-state index in [0.717, 1.165) is 21.8 Å². The number of H-pyrrole nitrogens is 1. The van der Waals surface area contributed by atoms with Crippen molar-refractivity contribution < 1.29 is 23.7 Å². The van der Waals surface area contributed by atoms with E-state index in [0.29, 0.717) is 22.7 Å². The fraction of sp³-hybridized carbons (Fsp3) is 0.182. The Morgan fingerprint density at radius 2 is 1.90 bits per heavy atom. The van der Waals surface area contributed by atoms with Crippen LogP contribution in [0.25, 0.3) is 21.8 Å². The molecule has 3 N–H and O–H groups in total. The van der Waals surface area contributed by atoms with Gasteiger partial charge in [-0.25, -0.2) is 9.78 Å². The molecular weight excluding hydrogens is 386 g/mol. The molecule has 4 rings (SSSR count). The molecule has 0 aliphatic rings. The number of anilines is 1. The van der Waals surface area contributed by atoms with Gasteiger partial charge in [-0.05, 0) is 43.3 Å². The third-order valence-electron chi connectivity index (χ3n) is 4.52. The van der Waals surface area contributed by atoms with Gasteiger partial charge >= 0.3 is 6.16 Å². The molecule has 0 aliphatic heterocycles. The van der Waals surface area contributed by atoms with Gasteiger partial charge in [0.2, 0.25) is 5.88 Å². The van der Waals surface area contributed by atoms with Crippen molar-refractivity contribution in [1.29, 1.82) is 0 Å². The van der Waals surface area contributed by atoms with E-state index < -0.39 is 6.16 Å². The quantitative estimate of drug-likeness (QED) is 0.350. The van der Waals surface area contributed by atoms with Gasteiger partial charge in [-0.1, -0.05) is 6.07 Å². The van der Waals surface area contributed by atoms with Crippen LogP contribution in [0.2, 0.25) is 0 Å². The summed E-state index contributed by atoms with van der Waals surface area (Å²) in [4.78, 5) is 19.5. The predicted octanol–water partition coefficient (Wildman–Crippen LogP) is 4.77. The van der Waals surface area contributed by atoms with Crippen molar-refractivity contribution in [2.75, 3.05) is 19.5 Å². The van der Waals surface area contributed by atoms with Crippen molar-refractivity contribution in [2.24, 2.45) is 0 Å². The minimum absolute atomic E-state index is 0.131. The lowest BCUT2D eigenvalue weighted by molar-refractivity contribution is 0.101. The number of nitrogens with one attached hydrogen (secondary N) is 1. The summed E-state index contributed by atoms with van der Waals surface area (Å²) in [5.41, 5.74) is 8.65. The summed E-state index contributed by atoms with van der Waals surface area (Å²) in [5.74, 6) is 1.41. The molecule has 0 amide bonds. The first-order valence-electron chi connectivity index (χ1n) is 9.40. The van der Waals surface area contributed by atoms with Crippen LogP contribution < -0.4 is 15.2 Å². The number of nitrogens with two attached hydrogens (primary N) is 1. The lowest BCUT2D eigenvalue weighted by Crippen LogP contribution is -2.12. The lowest BCUT2D eigenvalue weighted by atomic mass is 10.1. The van der Waals surface area contributed by atoms with E-state index in [2.05, 4.69) is 9.97 Å². The van der Waals surface area contributed by atoms with Crippen molar-refractivity contribution in [1.82, 2.24) is 9.97 Å². The van der Waals surface area contributed by atoms with E-state index in [1.54, 1.807) is 44.5 Å². The van der Waals surface area contributed by atoms with E-state index in [9.17, 15) is 4.79 Å². The summed E-state index contributed by atoms with van der Waals surface area (Å²) in [5, 5.41) is 1.62. The highest BCUT2D eigenvalue weighted by molar-refractivity contribution is 6.12. The van der Waals surface area contributed by atoms with Crippen LogP contribution >= 0.6 is 0 Å². The Hall–Kier alpha value is -3.78. The molecule has 8 heteroatoms. The number of carbonyl (C=O) groups excluding carboxylic acids is 1. The molecule has 154 valence electrons. The first-order chi connectivity index (χ1) is 14.6. The Labute approximate surface area is 172 Å². The minimum Gasteiger partial charge on any atom is -0.457 e. The number of rotatable bonds is 6. The van der Waals surface area contributed by atoms with Crippen LogP contribution in [0.5, 0.6) is 17.4 Å². The maximum absolute atomic E-state index is 11.9. The Kier molecular flexibility index (Phi) is 5.40. The van der Waals surface area contributed by atoms with Gasteiger partial charge in [0.05, 0.1) is 41.4 Å². The van der Waals surface area contributed by atoms with Gasteiger partial charge < -0.3 is 29.7 Å². The van der Waals surface area contributed by atoms with Crippen molar-refractivity contribution in [3.8, 4) is 17.4 Å². The second-order valence-electron chi connectivity index (χ2n) is 6.52. The molecule has 30 heavy (non-hydrogen) atoms. The maximum atomic E-state index is 11.9. The summed E-state index contributed by atoms with van der Waals surface area (Å²) < 4.78 is 21.7. The highest BCUT2D eigenvalue weighted by atomic mass is 16.7.